The fourth-order valence-electron chi connectivity index (χ4n) is 2.98. The van der Waals surface area contributed by atoms with Gasteiger partial charge in [0.15, 0.2) is 6.10 Å². The average molecular weight is 447 g/mol. The molecule has 1 aromatic carbocycles. The zero-order valence-corrected chi connectivity index (χ0v) is 15.6. The molecule has 1 amide bonds. The Bertz CT molecular complexity index is 998. The molecule has 1 aromatic heterocycles. The molecule has 0 aliphatic carbocycles. The van der Waals surface area contributed by atoms with Gasteiger partial charge in [0.1, 0.15) is 30.4 Å². The van der Waals surface area contributed by atoms with Crippen LogP contribution in [0.5, 0.6) is 0 Å². The molecule has 166 valence electrons. The average Bonchev–Trinajstić information content (AvgIpc) is 2.74. The minimum Gasteiger partial charge on any atom is -0.452 e. The van der Waals surface area contributed by atoms with E-state index in [1.54, 1.807) is 0 Å². The van der Waals surface area contributed by atoms with Crippen LogP contribution in [0.4, 0.5) is 32.0 Å². The Morgan fingerprint density at radius 3 is 2.58 bits per heavy atom. The highest BCUT2D eigenvalue weighted by molar-refractivity contribution is 6.02. The van der Waals surface area contributed by atoms with Crippen molar-refractivity contribution in [2.24, 2.45) is 10.7 Å². The molecule has 7 nitrogen and oxygen atoms in total. The van der Waals surface area contributed by atoms with Crippen molar-refractivity contribution in [2.75, 3.05) is 12.0 Å². The smallest absolute Gasteiger partial charge is 0.425 e. The number of nitrogens with one attached hydrogen (secondary N) is 1. The molecule has 0 bridgehead atoms. The van der Waals surface area contributed by atoms with Crippen molar-refractivity contribution >= 4 is 17.6 Å². The fraction of sp³-hybridized carbons (Fsp3) is 0.333. The van der Waals surface area contributed by atoms with Crippen molar-refractivity contribution in [1.29, 1.82) is 0 Å². The van der Waals surface area contributed by atoms with E-state index in [1.165, 1.54) is 0 Å². The number of rotatable bonds is 5. The molecule has 0 radical (unpaired) electrons. The van der Waals surface area contributed by atoms with E-state index < -0.39 is 60.9 Å². The lowest BCUT2D eigenvalue weighted by Gasteiger charge is -2.36. The third kappa shape index (κ3) is 4.70. The van der Waals surface area contributed by atoms with E-state index in [0.717, 1.165) is 30.6 Å². The highest BCUT2D eigenvalue weighted by Gasteiger charge is 2.52. The van der Waals surface area contributed by atoms with Crippen LogP contribution in [0, 0.1) is 5.82 Å². The number of carbonyl (C=O) groups excluding carboxylic acids is 1. The van der Waals surface area contributed by atoms with Crippen molar-refractivity contribution in [3.05, 3.63) is 53.4 Å². The summed E-state index contributed by atoms with van der Waals surface area (Å²) in [5, 5.41) is 2.34. The third-order valence-electron chi connectivity index (χ3n) is 4.50. The molecule has 1 aliphatic heterocycles. The van der Waals surface area contributed by atoms with Crippen molar-refractivity contribution in [1.82, 2.24) is 9.97 Å². The quantitative estimate of drug-likeness (QED) is 0.686. The number of amidine groups is 1. The molecule has 13 heteroatoms. The Morgan fingerprint density at radius 2 is 2.00 bits per heavy atom. The summed E-state index contributed by atoms with van der Waals surface area (Å²) in [5.41, 5.74) is 2.17. The lowest BCUT2D eigenvalue weighted by Crippen LogP contribution is -2.48. The molecule has 0 unspecified atom stereocenters. The van der Waals surface area contributed by atoms with Gasteiger partial charge in [-0.05, 0) is 18.2 Å². The number of hydrogen-bond acceptors (Lipinski definition) is 6. The second-order valence-corrected chi connectivity index (χ2v) is 6.64. The number of amides is 1. The van der Waals surface area contributed by atoms with E-state index in [-0.39, 0.29) is 17.1 Å². The van der Waals surface area contributed by atoms with Crippen LogP contribution in [0.1, 0.15) is 28.2 Å². The van der Waals surface area contributed by atoms with Gasteiger partial charge in [-0.25, -0.2) is 23.1 Å². The summed E-state index contributed by atoms with van der Waals surface area (Å²) in [6.45, 7) is -2.39. The van der Waals surface area contributed by atoms with Gasteiger partial charge in [-0.15, -0.1) is 0 Å². The van der Waals surface area contributed by atoms with E-state index >= 15 is 0 Å². The number of anilines is 1. The Balaban J connectivity index is 1.93. The van der Waals surface area contributed by atoms with Gasteiger partial charge in [-0.2, -0.15) is 13.2 Å². The number of carbonyl (C=O) groups is 1. The van der Waals surface area contributed by atoms with Crippen LogP contribution < -0.4 is 11.1 Å². The van der Waals surface area contributed by atoms with Gasteiger partial charge < -0.3 is 15.8 Å². The first kappa shape index (κ1) is 22.3. The van der Waals surface area contributed by atoms with Crippen molar-refractivity contribution < 1.29 is 35.9 Å². The summed E-state index contributed by atoms with van der Waals surface area (Å²) < 4.78 is 84.9. The van der Waals surface area contributed by atoms with Crippen LogP contribution in [-0.4, -0.2) is 40.9 Å². The first-order valence-electron chi connectivity index (χ1n) is 8.71. The molecule has 3 rings (SSSR count). The topological polar surface area (TPSA) is 102 Å². The van der Waals surface area contributed by atoms with Crippen LogP contribution in [0.3, 0.4) is 0 Å². The summed E-state index contributed by atoms with van der Waals surface area (Å²) >= 11 is 0. The van der Waals surface area contributed by atoms with Crippen LogP contribution >= 0.6 is 0 Å². The SMILES string of the molecule is NC1=N[C@](CF)(c2cc(NC(=O)c3cnc(CF)cn3)ccc2F)C[C@@H](C(F)(F)F)O1. The van der Waals surface area contributed by atoms with Gasteiger partial charge in [-0.3, -0.25) is 9.78 Å². The van der Waals surface area contributed by atoms with E-state index in [0.29, 0.717) is 0 Å². The van der Waals surface area contributed by atoms with Crippen molar-refractivity contribution in [2.45, 2.75) is 30.9 Å². The second-order valence-electron chi connectivity index (χ2n) is 6.64. The van der Waals surface area contributed by atoms with Crippen molar-refractivity contribution in [3.8, 4) is 0 Å². The summed E-state index contributed by atoms with van der Waals surface area (Å²) in [6.07, 6.45) is -6.40. The maximum absolute atomic E-state index is 14.5. The van der Waals surface area contributed by atoms with Crippen LogP contribution in [0.15, 0.2) is 35.6 Å². The Labute approximate surface area is 171 Å². The molecule has 2 heterocycles. The number of nitrogens with two attached hydrogens (primary N) is 1. The van der Waals surface area contributed by atoms with Gasteiger partial charge in [0.05, 0.1) is 18.1 Å². The molecular formula is C18H15F6N5O2. The molecule has 0 spiro atoms. The minimum atomic E-state index is -4.90. The molecule has 1 aliphatic rings. The summed E-state index contributed by atoms with van der Waals surface area (Å²) in [4.78, 5) is 23.3. The van der Waals surface area contributed by atoms with E-state index in [4.69, 9.17) is 5.73 Å². The fourth-order valence-corrected chi connectivity index (χ4v) is 2.98. The van der Waals surface area contributed by atoms with Crippen LogP contribution in [0.2, 0.25) is 0 Å². The number of halogens is 6. The van der Waals surface area contributed by atoms with Gasteiger partial charge in [0.2, 0.25) is 0 Å². The minimum absolute atomic E-state index is 0.000285. The maximum Gasteiger partial charge on any atom is 0.425 e. The lowest BCUT2D eigenvalue weighted by atomic mass is 9.84. The molecule has 3 N–H and O–H groups in total. The molecule has 0 fully saturated rings. The monoisotopic (exact) mass is 447 g/mol. The molecule has 31 heavy (non-hydrogen) atoms. The Morgan fingerprint density at radius 1 is 1.26 bits per heavy atom. The number of nitrogens with zero attached hydrogens (tertiary/aromatic N) is 3. The largest absolute Gasteiger partial charge is 0.452 e. The molecule has 2 atom stereocenters. The molecule has 2 aromatic rings. The van der Waals surface area contributed by atoms with E-state index in [9.17, 15) is 31.1 Å². The second kappa shape index (κ2) is 8.40. The summed E-state index contributed by atoms with van der Waals surface area (Å²) in [5.74, 6) is -1.87. The highest BCUT2D eigenvalue weighted by atomic mass is 19.4. The van der Waals surface area contributed by atoms with Gasteiger partial charge in [0.25, 0.3) is 11.9 Å². The van der Waals surface area contributed by atoms with E-state index in [1.807, 2.05) is 0 Å². The number of aromatic nitrogens is 2. The first-order valence-corrected chi connectivity index (χ1v) is 8.71. The number of hydrogen-bond donors (Lipinski definition) is 2. The number of alkyl halides is 5. The van der Waals surface area contributed by atoms with Crippen molar-refractivity contribution in [3.63, 3.8) is 0 Å². The standard InChI is InChI=1S/C18H15F6N5O2/c19-5-10-6-27-13(7-26-10)15(30)28-9-1-2-12(21)11(3-9)17(8-20)4-14(18(22,23)24)31-16(25)29-17/h1-3,6-7,14H,4-5,8H2,(H2,25,29)(H,28,30)/t14-,17+/m0/s1. The highest BCUT2D eigenvalue weighted by Crippen LogP contribution is 2.42. The summed E-state index contributed by atoms with van der Waals surface area (Å²) in [6, 6.07) is 1.96. The van der Waals surface area contributed by atoms with Crippen LogP contribution in [0.25, 0.3) is 0 Å². The Kier molecular flexibility index (Phi) is 6.04. The zero-order valence-electron chi connectivity index (χ0n) is 15.6. The van der Waals surface area contributed by atoms with E-state index in [2.05, 4.69) is 25.0 Å². The Hall–Kier alpha value is -3.38. The molecular weight excluding hydrogens is 432 g/mol. The third-order valence-corrected chi connectivity index (χ3v) is 4.50. The normalized spacial score (nSPS) is 21.2. The first-order chi connectivity index (χ1) is 14.6. The lowest BCUT2D eigenvalue weighted by molar-refractivity contribution is -0.209. The molecule has 0 saturated heterocycles. The number of aliphatic imine (C=N–C) groups is 1. The molecule has 0 saturated carbocycles. The summed E-state index contributed by atoms with van der Waals surface area (Å²) in [7, 11) is 0. The van der Waals surface area contributed by atoms with Gasteiger partial charge in [0, 0.05) is 17.7 Å². The van der Waals surface area contributed by atoms with Gasteiger partial charge >= 0.3 is 6.18 Å². The van der Waals surface area contributed by atoms with Crippen LogP contribution in [-0.2, 0) is 17.0 Å². The zero-order chi connectivity index (χ0) is 22.8. The van der Waals surface area contributed by atoms with Gasteiger partial charge in [-0.1, -0.05) is 0 Å². The predicted molar refractivity (Wildman–Crippen MR) is 96.0 cm³/mol. The maximum atomic E-state index is 14.5. The number of benzene rings is 1. The predicted octanol–water partition coefficient (Wildman–Crippen LogP) is 3.17. The number of ether oxygens (including phenoxy) is 1.